The van der Waals surface area contributed by atoms with Crippen LogP contribution in [0, 0.1) is 11.3 Å². The highest BCUT2D eigenvalue weighted by Crippen LogP contribution is 2.20. The Labute approximate surface area is 109 Å². The summed E-state index contributed by atoms with van der Waals surface area (Å²) in [5, 5.41) is 19.8. The number of rotatable bonds is 5. The highest BCUT2D eigenvalue weighted by atomic mass is 16.5. The van der Waals surface area contributed by atoms with E-state index < -0.39 is 18.5 Å². The molecule has 0 aliphatic rings. The van der Waals surface area contributed by atoms with Gasteiger partial charge in [0.15, 0.2) is 6.61 Å². The number of nitrogens with zero attached hydrogens (tertiary/aromatic N) is 1. The molecule has 0 spiro atoms. The third-order valence-electron chi connectivity index (χ3n) is 2.16. The summed E-state index contributed by atoms with van der Waals surface area (Å²) < 4.78 is 5.07. The van der Waals surface area contributed by atoms with Crippen molar-refractivity contribution in [3.8, 4) is 11.8 Å². The van der Waals surface area contributed by atoms with Crippen molar-refractivity contribution < 1.29 is 19.4 Å². The monoisotopic (exact) mass is 260 g/mol. The molecule has 0 atom stereocenters. The van der Waals surface area contributed by atoms with Gasteiger partial charge in [0.05, 0.1) is 0 Å². The molecule has 2 N–H and O–H groups in total. The van der Waals surface area contributed by atoms with Crippen molar-refractivity contribution in [3.63, 3.8) is 0 Å². The lowest BCUT2D eigenvalue weighted by Gasteiger charge is -2.07. The first-order valence-electron chi connectivity index (χ1n) is 5.36. The molecule has 1 rings (SSSR count). The van der Waals surface area contributed by atoms with Crippen molar-refractivity contribution in [3.05, 3.63) is 35.4 Å². The summed E-state index contributed by atoms with van der Waals surface area (Å²) in [5.41, 5.74) is 0.373. The highest BCUT2D eigenvalue weighted by molar-refractivity contribution is 6.01. The molecule has 0 saturated heterocycles. The molecule has 0 saturated carbocycles. The van der Waals surface area contributed by atoms with Crippen LogP contribution < -0.4 is 10.1 Å². The second-order valence-electron chi connectivity index (χ2n) is 3.47. The van der Waals surface area contributed by atoms with Gasteiger partial charge in [0.25, 0.3) is 5.91 Å². The number of carboxylic acid groups (broad SMARTS) is 1. The van der Waals surface area contributed by atoms with Gasteiger partial charge in [0.2, 0.25) is 0 Å². The molecular weight excluding hydrogens is 248 g/mol. The molecule has 0 aliphatic carbocycles. The minimum atomic E-state index is -1.11. The van der Waals surface area contributed by atoms with Gasteiger partial charge in [-0.1, -0.05) is 18.2 Å². The summed E-state index contributed by atoms with van der Waals surface area (Å²) in [7, 11) is 1.42. The third-order valence-corrected chi connectivity index (χ3v) is 2.16. The summed E-state index contributed by atoms with van der Waals surface area (Å²) in [4.78, 5) is 21.8. The van der Waals surface area contributed by atoms with Gasteiger partial charge in [-0.15, -0.1) is 0 Å². The number of likely N-dealkylation sites (N-methyl/N-ethyl adjacent to an activating group) is 1. The molecule has 0 aromatic heterocycles. The van der Waals surface area contributed by atoms with E-state index in [1.807, 2.05) is 0 Å². The SMILES string of the molecule is CNC(=O)C(C#N)=Cc1ccccc1OCC(=O)O. The Hall–Kier alpha value is -2.81. The van der Waals surface area contributed by atoms with E-state index in [0.717, 1.165) is 0 Å². The van der Waals surface area contributed by atoms with Gasteiger partial charge in [0.1, 0.15) is 17.4 Å². The predicted octanol–water partition coefficient (Wildman–Crippen LogP) is 0.803. The number of para-hydroxylation sites is 1. The zero-order valence-electron chi connectivity index (χ0n) is 10.2. The summed E-state index contributed by atoms with van der Waals surface area (Å²) in [6, 6.07) is 8.32. The molecule has 1 amide bonds. The van der Waals surface area contributed by atoms with Crippen molar-refractivity contribution in [1.82, 2.24) is 5.32 Å². The van der Waals surface area contributed by atoms with Crippen LogP contribution in [-0.2, 0) is 9.59 Å². The zero-order chi connectivity index (χ0) is 14.3. The Morgan fingerprint density at radius 3 is 2.74 bits per heavy atom. The predicted molar refractivity (Wildman–Crippen MR) is 67.2 cm³/mol. The number of hydrogen-bond acceptors (Lipinski definition) is 4. The largest absolute Gasteiger partial charge is 0.481 e. The van der Waals surface area contributed by atoms with Crippen LogP contribution in [0.1, 0.15) is 5.56 Å². The summed E-state index contributed by atoms with van der Waals surface area (Å²) in [5.74, 6) is -1.33. The Kier molecular flexibility index (Phi) is 5.11. The van der Waals surface area contributed by atoms with E-state index in [-0.39, 0.29) is 5.57 Å². The Bertz CT molecular complexity index is 558. The van der Waals surface area contributed by atoms with Gasteiger partial charge in [0, 0.05) is 12.6 Å². The molecule has 0 fully saturated rings. The lowest BCUT2D eigenvalue weighted by Crippen LogP contribution is -2.19. The fraction of sp³-hybridized carbons (Fsp3) is 0.154. The van der Waals surface area contributed by atoms with E-state index in [9.17, 15) is 9.59 Å². The fourth-order valence-corrected chi connectivity index (χ4v) is 1.31. The van der Waals surface area contributed by atoms with Crippen molar-refractivity contribution in [2.45, 2.75) is 0 Å². The molecule has 0 heterocycles. The number of amides is 1. The number of benzene rings is 1. The van der Waals surface area contributed by atoms with Gasteiger partial charge in [-0.2, -0.15) is 5.26 Å². The molecule has 0 aliphatic heterocycles. The molecule has 19 heavy (non-hydrogen) atoms. The molecule has 1 aromatic rings. The van der Waals surface area contributed by atoms with Crippen LogP contribution in [0.3, 0.4) is 0 Å². The lowest BCUT2D eigenvalue weighted by molar-refractivity contribution is -0.139. The molecular formula is C13H12N2O4. The van der Waals surface area contributed by atoms with Gasteiger partial charge in [-0.25, -0.2) is 4.79 Å². The molecule has 0 bridgehead atoms. The zero-order valence-corrected chi connectivity index (χ0v) is 10.2. The first kappa shape index (κ1) is 14.3. The van der Waals surface area contributed by atoms with Crippen molar-refractivity contribution in [1.29, 1.82) is 5.26 Å². The van der Waals surface area contributed by atoms with Crippen LogP contribution in [0.4, 0.5) is 0 Å². The van der Waals surface area contributed by atoms with Crippen LogP contribution >= 0.6 is 0 Å². The first-order chi connectivity index (χ1) is 9.08. The van der Waals surface area contributed by atoms with Gasteiger partial charge < -0.3 is 15.2 Å². The van der Waals surface area contributed by atoms with Gasteiger partial charge in [-0.05, 0) is 12.1 Å². The molecule has 6 heteroatoms. The maximum Gasteiger partial charge on any atom is 0.341 e. The Balaban J connectivity index is 3.06. The summed E-state index contributed by atoms with van der Waals surface area (Å²) >= 11 is 0. The maximum absolute atomic E-state index is 11.4. The third kappa shape index (κ3) is 4.16. The average molecular weight is 260 g/mol. The van der Waals surface area contributed by atoms with Crippen molar-refractivity contribution in [2.24, 2.45) is 0 Å². The molecule has 6 nitrogen and oxygen atoms in total. The number of carboxylic acids is 1. The maximum atomic E-state index is 11.4. The molecule has 0 radical (unpaired) electrons. The van der Waals surface area contributed by atoms with E-state index >= 15 is 0 Å². The minimum Gasteiger partial charge on any atom is -0.481 e. The topological polar surface area (TPSA) is 99.4 Å². The van der Waals surface area contributed by atoms with Crippen molar-refractivity contribution >= 4 is 18.0 Å². The number of aliphatic carboxylic acids is 1. The molecule has 0 unspecified atom stereocenters. The average Bonchev–Trinajstić information content (AvgIpc) is 2.42. The first-order valence-corrected chi connectivity index (χ1v) is 5.36. The second-order valence-corrected chi connectivity index (χ2v) is 3.47. The lowest BCUT2D eigenvalue weighted by atomic mass is 10.1. The number of nitrogens with one attached hydrogen (secondary N) is 1. The second kappa shape index (κ2) is 6.81. The molecule has 1 aromatic carbocycles. The van der Waals surface area contributed by atoms with Crippen LogP contribution in [0.5, 0.6) is 5.75 Å². The summed E-state index contributed by atoms with van der Waals surface area (Å²) in [6.45, 7) is -0.493. The Morgan fingerprint density at radius 2 is 2.16 bits per heavy atom. The smallest absolute Gasteiger partial charge is 0.341 e. The van der Waals surface area contributed by atoms with E-state index in [1.54, 1.807) is 30.3 Å². The van der Waals surface area contributed by atoms with Crippen LogP contribution in [0.15, 0.2) is 29.8 Å². The normalized spacial score (nSPS) is 10.4. The van der Waals surface area contributed by atoms with Crippen LogP contribution in [0.25, 0.3) is 6.08 Å². The standard InChI is InChI=1S/C13H12N2O4/c1-15-13(18)10(7-14)6-9-4-2-3-5-11(9)19-8-12(16)17/h2-6H,8H2,1H3,(H,15,18)(H,16,17). The Morgan fingerprint density at radius 1 is 1.47 bits per heavy atom. The van der Waals surface area contributed by atoms with E-state index in [0.29, 0.717) is 11.3 Å². The number of hydrogen-bond donors (Lipinski definition) is 2. The van der Waals surface area contributed by atoms with Crippen LogP contribution in [0.2, 0.25) is 0 Å². The van der Waals surface area contributed by atoms with E-state index in [1.165, 1.54) is 13.1 Å². The van der Waals surface area contributed by atoms with E-state index in [4.69, 9.17) is 15.1 Å². The quantitative estimate of drug-likeness (QED) is 0.602. The number of ether oxygens (including phenoxy) is 1. The van der Waals surface area contributed by atoms with Gasteiger partial charge >= 0.3 is 5.97 Å². The van der Waals surface area contributed by atoms with E-state index in [2.05, 4.69) is 5.32 Å². The van der Waals surface area contributed by atoms with Gasteiger partial charge in [-0.3, -0.25) is 4.79 Å². The number of carbonyl (C=O) groups excluding carboxylic acids is 1. The fourth-order valence-electron chi connectivity index (χ4n) is 1.31. The minimum absolute atomic E-state index is 0.0890. The molecule has 98 valence electrons. The summed E-state index contributed by atoms with van der Waals surface area (Å²) in [6.07, 6.45) is 1.34. The van der Waals surface area contributed by atoms with Crippen LogP contribution in [-0.4, -0.2) is 30.6 Å². The number of nitriles is 1. The highest BCUT2D eigenvalue weighted by Gasteiger charge is 2.09. The number of carbonyl (C=O) groups is 2. The van der Waals surface area contributed by atoms with Crippen molar-refractivity contribution in [2.75, 3.05) is 13.7 Å².